The second kappa shape index (κ2) is 6.63. The molecular weight excluding hydrogens is 254 g/mol. The van der Waals surface area contributed by atoms with E-state index in [0.29, 0.717) is 0 Å². The Morgan fingerprint density at radius 3 is 2.11 bits per heavy atom. The molecule has 0 aliphatic carbocycles. The van der Waals surface area contributed by atoms with Crippen LogP contribution in [0.1, 0.15) is 41.5 Å². The van der Waals surface area contributed by atoms with Crippen molar-refractivity contribution in [3.63, 3.8) is 0 Å². The highest BCUT2D eigenvalue weighted by atomic mass is 32.2. The van der Waals surface area contributed by atoms with Crippen molar-refractivity contribution in [1.29, 1.82) is 0 Å². The monoisotopic (exact) mass is 279 g/mol. The molecule has 6 heteroatoms. The summed E-state index contributed by atoms with van der Waals surface area (Å²) in [6.45, 7) is 10.9. The zero-order chi connectivity index (χ0) is 14.6. The van der Waals surface area contributed by atoms with Crippen molar-refractivity contribution < 1.29 is 19.7 Å². The number of carbonyl (C=O) groups excluding carboxylic acids is 1. The average molecular weight is 279 g/mol. The van der Waals surface area contributed by atoms with E-state index in [1.165, 1.54) is 11.8 Å². The lowest BCUT2D eigenvalue weighted by Crippen LogP contribution is -2.55. The second-order valence-corrected chi connectivity index (χ2v) is 7.49. The number of ether oxygens (including phenoxy) is 1. The van der Waals surface area contributed by atoms with E-state index in [2.05, 4.69) is 5.32 Å². The molecule has 0 heterocycles. The number of hydrogen-bond acceptors (Lipinski definition) is 5. The van der Waals surface area contributed by atoms with Crippen LogP contribution in [0.5, 0.6) is 0 Å². The van der Waals surface area contributed by atoms with Crippen LogP contribution >= 0.6 is 11.8 Å². The summed E-state index contributed by atoms with van der Waals surface area (Å²) in [7, 11) is 0. The van der Waals surface area contributed by atoms with Gasteiger partial charge in [0.1, 0.15) is 5.60 Å². The van der Waals surface area contributed by atoms with E-state index >= 15 is 0 Å². The van der Waals surface area contributed by atoms with Gasteiger partial charge in [0.2, 0.25) is 0 Å². The minimum absolute atomic E-state index is 0.500. The summed E-state index contributed by atoms with van der Waals surface area (Å²) in [6, 6.07) is -0.794. The number of carbonyl (C=O) groups is 1. The number of hydrogen-bond donors (Lipinski definition) is 3. The predicted octanol–water partition coefficient (Wildman–Crippen LogP) is 1.72. The predicted molar refractivity (Wildman–Crippen MR) is 73.6 cm³/mol. The molecule has 1 unspecified atom stereocenters. The number of rotatable bonds is 5. The summed E-state index contributed by atoms with van der Waals surface area (Å²) in [4.78, 5) is 11.7. The lowest BCUT2D eigenvalue weighted by Gasteiger charge is -2.35. The average Bonchev–Trinajstić information content (AvgIpc) is 2.10. The van der Waals surface area contributed by atoms with E-state index in [9.17, 15) is 15.0 Å². The Hall–Kier alpha value is -0.460. The molecule has 0 aromatic rings. The molecule has 18 heavy (non-hydrogen) atoms. The summed E-state index contributed by atoms with van der Waals surface area (Å²) in [6.07, 6.45) is -2.28. The third-order valence-corrected chi connectivity index (χ3v) is 3.52. The fraction of sp³-hybridized carbons (Fsp3) is 0.917. The van der Waals surface area contributed by atoms with Crippen LogP contribution in [0.4, 0.5) is 4.79 Å². The molecule has 0 saturated carbocycles. The van der Waals surface area contributed by atoms with Gasteiger partial charge in [-0.25, -0.2) is 4.79 Å². The quantitative estimate of drug-likeness (QED) is 0.668. The Kier molecular flexibility index (Phi) is 6.46. The van der Waals surface area contributed by atoms with Crippen molar-refractivity contribution in [2.24, 2.45) is 0 Å². The summed E-state index contributed by atoms with van der Waals surface area (Å²) in [5.74, 6) is 0.812. The van der Waals surface area contributed by atoms with Crippen LogP contribution in [0, 0.1) is 0 Å². The van der Waals surface area contributed by atoms with Gasteiger partial charge in [-0.2, -0.15) is 11.8 Å². The molecule has 1 atom stereocenters. The molecule has 0 spiro atoms. The van der Waals surface area contributed by atoms with Crippen LogP contribution < -0.4 is 5.32 Å². The number of thioether (sulfide) groups is 1. The first-order chi connectivity index (χ1) is 7.99. The summed E-state index contributed by atoms with van der Waals surface area (Å²) < 4.78 is 4.61. The molecule has 108 valence electrons. The fourth-order valence-electron chi connectivity index (χ4n) is 1.50. The highest BCUT2D eigenvalue weighted by molar-refractivity contribution is 8.00. The highest BCUT2D eigenvalue weighted by Crippen LogP contribution is 2.29. The van der Waals surface area contributed by atoms with E-state index in [1.807, 2.05) is 20.8 Å². The van der Waals surface area contributed by atoms with Crippen molar-refractivity contribution in [3.8, 4) is 0 Å². The smallest absolute Gasteiger partial charge is 0.408 e. The van der Waals surface area contributed by atoms with Crippen molar-refractivity contribution in [1.82, 2.24) is 5.32 Å². The molecule has 0 rings (SSSR count). The molecule has 0 fully saturated rings. The molecule has 0 aliphatic rings. The maximum absolute atomic E-state index is 11.7. The van der Waals surface area contributed by atoms with E-state index in [-0.39, 0.29) is 0 Å². The maximum Gasteiger partial charge on any atom is 0.408 e. The second-order valence-electron chi connectivity index (χ2n) is 5.57. The van der Waals surface area contributed by atoms with Crippen LogP contribution in [-0.2, 0) is 4.74 Å². The Balaban J connectivity index is 4.69. The third kappa shape index (κ3) is 6.47. The van der Waals surface area contributed by atoms with Crippen LogP contribution in [-0.4, -0.2) is 44.7 Å². The first kappa shape index (κ1) is 17.5. The van der Waals surface area contributed by atoms with Gasteiger partial charge in [0.05, 0.1) is 6.04 Å². The summed E-state index contributed by atoms with van der Waals surface area (Å²) in [5.41, 5.74) is -0.614. The van der Waals surface area contributed by atoms with E-state index < -0.39 is 28.8 Å². The van der Waals surface area contributed by atoms with Gasteiger partial charge in [0.15, 0.2) is 6.29 Å². The first-order valence-electron chi connectivity index (χ1n) is 5.99. The lowest BCUT2D eigenvalue weighted by atomic mass is 10.0. The number of amides is 1. The van der Waals surface area contributed by atoms with Gasteiger partial charge in [0, 0.05) is 4.75 Å². The first-order valence-corrected chi connectivity index (χ1v) is 6.97. The molecule has 0 saturated heterocycles. The zero-order valence-corrected chi connectivity index (χ0v) is 12.8. The van der Waals surface area contributed by atoms with Gasteiger partial charge < -0.3 is 20.3 Å². The minimum atomic E-state index is -1.63. The number of nitrogens with one attached hydrogen (secondary N) is 1. The van der Waals surface area contributed by atoms with E-state index in [0.717, 1.165) is 5.75 Å². The van der Waals surface area contributed by atoms with Crippen LogP contribution in [0.25, 0.3) is 0 Å². The molecule has 0 aliphatic heterocycles. The van der Waals surface area contributed by atoms with Gasteiger partial charge in [-0.1, -0.05) is 6.92 Å². The van der Waals surface area contributed by atoms with Gasteiger partial charge in [0.25, 0.3) is 0 Å². The van der Waals surface area contributed by atoms with Gasteiger partial charge >= 0.3 is 6.09 Å². The van der Waals surface area contributed by atoms with Gasteiger partial charge in [-0.3, -0.25) is 0 Å². The fourth-order valence-corrected chi connectivity index (χ4v) is 2.61. The molecular formula is C12H25NO4S. The normalized spacial score (nSPS) is 14.5. The van der Waals surface area contributed by atoms with E-state index in [1.54, 1.807) is 20.8 Å². The number of alkyl carbamates (subject to hydrolysis) is 1. The number of aliphatic hydroxyl groups is 2. The van der Waals surface area contributed by atoms with Crippen LogP contribution in [0.3, 0.4) is 0 Å². The minimum Gasteiger partial charge on any atom is -0.444 e. The highest BCUT2D eigenvalue weighted by Gasteiger charge is 2.36. The SMILES string of the molecule is CCSC(C)(C)C(NC(=O)OC(C)(C)C)C(O)O. The molecule has 0 bridgehead atoms. The molecule has 5 nitrogen and oxygen atoms in total. The lowest BCUT2D eigenvalue weighted by molar-refractivity contribution is -0.0743. The Bertz CT molecular complexity index is 274. The Labute approximate surface area is 113 Å². The Morgan fingerprint density at radius 2 is 1.78 bits per heavy atom. The van der Waals surface area contributed by atoms with Crippen molar-refractivity contribution in [2.45, 2.75) is 64.2 Å². The van der Waals surface area contributed by atoms with Crippen LogP contribution in [0.15, 0.2) is 0 Å². The topological polar surface area (TPSA) is 78.8 Å². The third-order valence-electron chi connectivity index (χ3n) is 2.24. The zero-order valence-electron chi connectivity index (χ0n) is 12.0. The number of aliphatic hydroxyl groups excluding tert-OH is 1. The van der Waals surface area contributed by atoms with Gasteiger partial charge in [-0.05, 0) is 40.4 Å². The largest absolute Gasteiger partial charge is 0.444 e. The maximum atomic E-state index is 11.7. The van der Waals surface area contributed by atoms with Gasteiger partial charge in [-0.15, -0.1) is 0 Å². The molecule has 0 aromatic carbocycles. The van der Waals surface area contributed by atoms with Crippen LogP contribution in [0.2, 0.25) is 0 Å². The van der Waals surface area contributed by atoms with E-state index in [4.69, 9.17) is 4.74 Å². The van der Waals surface area contributed by atoms with Crippen molar-refractivity contribution >= 4 is 17.9 Å². The summed E-state index contributed by atoms with van der Waals surface area (Å²) >= 11 is 1.54. The Morgan fingerprint density at radius 1 is 1.28 bits per heavy atom. The molecule has 3 N–H and O–H groups in total. The standard InChI is InChI=1S/C12H25NO4S/c1-7-18-12(5,6)8(9(14)15)13-10(16)17-11(2,3)4/h8-9,14-15H,7H2,1-6H3,(H,13,16). The summed E-state index contributed by atoms with van der Waals surface area (Å²) in [5, 5.41) is 21.3. The van der Waals surface area contributed by atoms with Crippen molar-refractivity contribution in [3.05, 3.63) is 0 Å². The molecule has 0 aromatic heterocycles. The molecule has 0 radical (unpaired) electrons. The van der Waals surface area contributed by atoms with Crippen molar-refractivity contribution in [2.75, 3.05) is 5.75 Å². The molecule has 1 amide bonds.